The number of nitrogens with zero attached hydrogens (tertiary/aromatic N) is 4. The van der Waals surface area contributed by atoms with E-state index in [1.165, 1.54) is 0 Å². The first-order chi connectivity index (χ1) is 5.85. The van der Waals surface area contributed by atoms with Gasteiger partial charge in [0.15, 0.2) is 0 Å². The van der Waals surface area contributed by atoms with Crippen molar-refractivity contribution >= 4 is 0 Å². The molecule has 1 atom stereocenters. The van der Waals surface area contributed by atoms with Gasteiger partial charge in [-0.15, -0.1) is 0 Å². The fourth-order valence-corrected chi connectivity index (χ4v) is 1.12. The highest BCUT2D eigenvalue weighted by atomic mass is 16.3. The number of quaternary nitrogens is 1. The minimum absolute atomic E-state index is 0.0610. The summed E-state index contributed by atoms with van der Waals surface area (Å²) in [5.74, 6) is 0.0610. The summed E-state index contributed by atoms with van der Waals surface area (Å²) in [7, 11) is 6.00. The first kappa shape index (κ1) is 11.8. The molecular formula is C8H17N4O+. The lowest BCUT2D eigenvalue weighted by Crippen LogP contribution is -2.40. The molecule has 0 radical (unpaired) electrons. The summed E-state index contributed by atoms with van der Waals surface area (Å²) < 4.78 is 0.691. The molecule has 1 N–H and O–H groups in total. The van der Waals surface area contributed by atoms with Crippen LogP contribution in [0.2, 0.25) is 0 Å². The van der Waals surface area contributed by atoms with Crippen molar-refractivity contribution in [2.45, 2.75) is 12.5 Å². The lowest BCUT2D eigenvalue weighted by molar-refractivity contribution is -0.871. The molecule has 0 bridgehead atoms. The van der Waals surface area contributed by atoms with Crippen molar-refractivity contribution in [2.24, 2.45) is 5.11 Å². The summed E-state index contributed by atoms with van der Waals surface area (Å²) in [6, 6.07) is -0.220. The van der Waals surface area contributed by atoms with Crippen LogP contribution in [0.25, 0.3) is 10.4 Å². The quantitative estimate of drug-likeness (QED) is 0.229. The third kappa shape index (κ3) is 7.18. The fraction of sp³-hybridized carbons (Fsp3) is 0.750. The van der Waals surface area contributed by atoms with Crippen molar-refractivity contribution in [3.05, 3.63) is 22.8 Å². The first-order valence-electron chi connectivity index (χ1n) is 4.06. The van der Waals surface area contributed by atoms with E-state index in [-0.39, 0.29) is 11.8 Å². The van der Waals surface area contributed by atoms with Crippen LogP contribution in [0.5, 0.6) is 0 Å². The molecular weight excluding hydrogens is 168 g/mol. The van der Waals surface area contributed by atoms with E-state index in [1.807, 2.05) is 21.1 Å². The normalized spacial score (nSPS) is 13.2. The van der Waals surface area contributed by atoms with E-state index in [0.29, 0.717) is 17.4 Å². The zero-order valence-electron chi connectivity index (χ0n) is 8.43. The molecule has 0 aliphatic carbocycles. The maximum atomic E-state index is 8.96. The number of hydrogen-bond acceptors (Lipinski definition) is 2. The van der Waals surface area contributed by atoms with E-state index in [9.17, 15) is 0 Å². The first-order valence-corrected chi connectivity index (χ1v) is 4.06. The Balaban J connectivity index is 4.26. The SMILES string of the molecule is C=C(O)CC(C[N+](C)(C)C)N=[N+]=[N-]. The van der Waals surface area contributed by atoms with Gasteiger partial charge in [-0.3, -0.25) is 0 Å². The zero-order chi connectivity index (χ0) is 10.5. The average Bonchev–Trinajstić information content (AvgIpc) is 1.81. The van der Waals surface area contributed by atoms with Crippen molar-refractivity contribution in [3.63, 3.8) is 0 Å². The van der Waals surface area contributed by atoms with E-state index in [4.69, 9.17) is 10.6 Å². The third-order valence-electron chi connectivity index (χ3n) is 1.44. The molecule has 0 aliphatic heterocycles. The van der Waals surface area contributed by atoms with E-state index in [1.54, 1.807) is 0 Å². The molecule has 74 valence electrons. The lowest BCUT2D eigenvalue weighted by Gasteiger charge is -2.26. The Labute approximate surface area is 78.5 Å². The van der Waals surface area contributed by atoms with Crippen LogP contribution in [0.4, 0.5) is 0 Å². The summed E-state index contributed by atoms with van der Waals surface area (Å²) in [5, 5.41) is 12.6. The molecule has 1 unspecified atom stereocenters. The minimum Gasteiger partial charge on any atom is -0.513 e. The Bertz CT molecular complexity index is 225. The second-order valence-electron chi connectivity index (χ2n) is 4.10. The summed E-state index contributed by atoms with van der Waals surface area (Å²) in [4.78, 5) is 2.74. The molecule has 0 aromatic rings. The van der Waals surface area contributed by atoms with Gasteiger partial charge in [-0.2, -0.15) is 0 Å². The summed E-state index contributed by atoms with van der Waals surface area (Å²) >= 11 is 0. The summed E-state index contributed by atoms with van der Waals surface area (Å²) in [6.45, 7) is 4.06. The Hall–Kier alpha value is -1.19. The number of rotatable bonds is 5. The van der Waals surface area contributed by atoms with Crippen LogP contribution in [-0.4, -0.2) is 43.3 Å². The van der Waals surface area contributed by atoms with Gasteiger partial charge in [-0.1, -0.05) is 11.7 Å². The maximum absolute atomic E-state index is 8.96. The predicted molar refractivity (Wildman–Crippen MR) is 52.2 cm³/mol. The number of aliphatic hydroxyl groups excluding tert-OH is 1. The topological polar surface area (TPSA) is 69.0 Å². The van der Waals surface area contributed by atoms with E-state index < -0.39 is 0 Å². The van der Waals surface area contributed by atoms with Gasteiger partial charge in [0.1, 0.15) is 0 Å². The van der Waals surface area contributed by atoms with Gasteiger partial charge in [0, 0.05) is 11.3 Å². The Kier molecular flexibility index (Phi) is 4.31. The number of hydrogen-bond donors (Lipinski definition) is 1. The van der Waals surface area contributed by atoms with Gasteiger partial charge in [0.2, 0.25) is 0 Å². The molecule has 0 aliphatic rings. The smallest absolute Gasteiger partial charge is 0.0934 e. The van der Waals surface area contributed by atoms with Crippen LogP contribution in [0.3, 0.4) is 0 Å². The molecule has 0 fully saturated rings. The van der Waals surface area contributed by atoms with Crippen molar-refractivity contribution in [1.82, 2.24) is 0 Å². The van der Waals surface area contributed by atoms with E-state index in [0.717, 1.165) is 0 Å². The molecule has 5 nitrogen and oxygen atoms in total. The molecule has 0 aromatic carbocycles. The van der Waals surface area contributed by atoms with Gasteiger partial charge >= 0.3 is 0 Å². The molecule has 0 aromatic heterocycles. The van der Waals surface area contributed by atoms with Crippen molar-refractivity contribution in [2.75, 3.05) is 27.7 Å². The van der Waals surface area contributed by atoms with Gasteiger partial charge in [0.05, 0.1) is 39.5 Å². The second kappa shape index (κ2) is 4.74. The van der Waals surface area contributed by atoms with Gasteiger partial charge in [-0.25, -0.2) is 0 Å². The third-order valence-corrected chi connectivity index (χ3v) is 1.44. The molecule has 0 rings (SSSR count). The highest BCUT2D eigenvalue weighted by Crippen LogP contribution is 2.08. The monoisotopic (exact) mass is 185 g/mol. The van der Waals surface area contributed by atoms with Crippen LogP contribution >= 0.6 is 0 Å². The standard InChI is InChI=1S/C8H16N4O/c1-7(13)5-8(10-11-9)6-12(2,3)4/h8H,1,5-6H2,2-4H3/p+1. The molecule has 5 heteroatoms. The van der Waals surface area contributed by atoms with Crippen LogP contribution < -0.4 is 0 Å². The highest BCUT2D eigenvalue weighted by Gasteiger charge is 2.17. The maximum Gasteiger partial charge on any atom is 0.0934 e. The van der Waals surface area contributed by atoms with Crippen LogP contribution in [-0.2, 0) is 0 Å². The number of aliphatic hydroxyl groups is 1. The molecule has 0 heterocycles. The predicted octanol–water partition coefficient (Wildman–Crippen LogP) is 1.83. The Morgan fingerprint density at radius 3 is 2.46 bits per heavy atom. The Morgan fingerprint density at radius 1 is 1.62 bits per heavy atom. The van der Waals surface area contributed by atoms with Gasteiger partial charge < -0.3 is 9.59 Å². The molecule has 0 saturated heterocycles. The van der Waals surface area contributed by atoms with E-state index >= 15 is 0 Å². The molecule has 0 spiro atoms. The van der Waals surface area contributed by atoms with Crippen LogP contribution in [0.1, 0.15) is 6.42 Å². The molecule has 0 amide bonds. The molecule has 13 heavy (non-hydrogen) atoms. The van der Waals surface area contributed by atoms with Crippen molar-refractivity contribution in [1.29, 1.82) is 0 Å². The Morgan fingerprint density at radius 2 is 2.15 bits per heavy atom. The average molecular weight is 185 g/mol. The zero-order valence-corrected chi connectivity index (χ0v) is 8.43. The fourth-order valence-electron chi connectivity index (χ4n) is 1.12. The minimum atomic E-state index is -0.220. The molecule has 0 saturated carbocycles. The number of azide groups is 1. The van der Waals surface area contributed by atoms with Crippen LogP contribution in [0.15, 0.2) is 17.5 Å². The number of likely N-dealkylation sites (N-methyl/N-ethyl adjacent to an activating group) is 1. The highest BCUT2D eigenvalue weighted by molar-refractivity contribution is 4.85. The van der Waals surface area contributed by atoms with Crippen molar-refractivity contribution < 1.29 is 9.59 Å². The largest absolute Gasteiger partial charge is 0.513 e. The summed E-state index contributed by atoms with van der Waals surface area (Å²) in [6.07, 6.45) is 0.333. The summed E-state index contributed by atoms with van der Waals surface area (Å²) in [5.41, 5.74) is 8.29. The van der Waals surface area contributed by atoms with E-state index in [2.05, 4.69) is 16.6 Å². The lowest BCUT2D eigenvalue weighted by atomic mass is 10.2. The van der Waals surface area contributed by atoms with Gasteiger partial charge in [0.25, 0.3) is 0 Å². The van der Waals surface area contributed by atoms with Gasteiger partial charge in [-0.05, 0) is 5.53 Å². The van der Waals surface area contributed by atoms with Crippen molar-refractivity contribution in [3.8, 4) is 0 Å². The second-order valence-corrected chi connectivity index (χ2v) is 4.10. The van der Waals surface area contributed by atoms with Crippen LogP contribution in [0, 0.1) is 0 Å².